The minimum absolute atomic E-state index is 0.171. The molecule has 0 radical (unpaired) electrons. The van der Waals surface area contributed by atoms with Gasteiger partial charge in [0.25, 0.3) is 5.91 Å². The first-order valence-electron chi connectivity index (χ1n) is 7.10. The van der Waals surface area contributed by atoms with Crippen molar-refractivity contribution in [3.63, 3.8) is 0 Å². The Morgan fingerprint density at radius 1 is 1.30 bits per heavy atom. The number of nitrogens with one attached hydrogen (secondary N) is 1. The number of aromatic amines is 1. The number of carbonyl (C=O) groups excluding carboxylic acids is 1. The van der Waals surface area contributed by atoms with E-state index in [9.17, 15) is 9.18 Å². The number of aryl methyl sites for hydroxylation is 1. The SMILES string of the molecule is Cc1ccc2[nH]nc(C(=O)N(C)Cc3cc(Br)ccc3F)c2c1. The van der Waals surface area contributed by atoms with Crippen LogP contribution in [-0.4, -0.2) is 28.1 Å². The molecule has 0 aliphatic carbocycles. The van der Waals surface area contributed by atoms with Crippen molar-refractivity contribution in [2.45, 2.75) is 13.5 Å². The Morgan fingerprint density at radius 2 is 2.09 bits per heavy atom. The minimum atomic E-state index is -0.337. The molecule has 0 bridgehead atoms. The van der Waals surface area contributed by atoms with Gasteiger partial charge in [-0.3, -0.25) is 9.89 Å². The van der Waals surface area contributed by atoms with Crippen LogP contribution in [0.1, 0.15) is 21.6 Å². The van der Waals surface area contributed by atoms with E-state index in [1.807, 2.05) is 25.1 Å². The van der Waals surface area contributed by atoms with Gasteiger partial charge in [-0.1, -0.05) is 27.6 Å². The summed E-state index contributed by atoms with van der Waals surface area (Å²) in [4.78, 5) is 14.1. The maximum Gasteiger partial charge on any atom is 0.275 e. The molecule has 0 saturated heterocycles. The Bertz CT molecular complexity index is 891. The highest BCUT2D eigenvalue weighted by Crippen LogP contribution is 2.21. The van der Waals surface area contributed by atoms with Gasteiger partial charge in [-0.15, -0.1) is 0 Å². The van der Waals surface area contributed by atoms with Gasteiger partial charge < -0.3 is 4.90 Å². The van der Waals surface area contributed by atoms with E-state index in [2.05, 4.69) is 26.1 Å². The average Bonchev–Trinajstić information content (AvgIpc) is 2.93. The maximum atomic E-state index is 13.9. The lowest BCUT2D eigenvalue weighted by Crippen LogP contribution is -2.27. The molecular weight excluding hydrogens is 361 g/mol. The normalized spacial score (nSPS) is 11.0. The third-order valence-electron chi connectivity index (χ3n) is 3.68. The zero-order chi connectivity index (χ0) is 16.6. The summed E-state index contributed by atoms with van der Waals surface area (Å²) in [5.41, 5.74) is 2.66. The third kappa shape index (κ3) is 3.12. The highest BCUT2D eigenvalue weighted by atomic mass is 79.9. The predicted octanol–water partition coefficient (Wildman–Crippen LogP) is 4.05. The van der Waals surface area contributed by atoms with Crippen LogP contribution in [0.15, 0.2) is 40.9 Å². The maximum absolute atomic E-state index is 13.9. The topological polar surface area (TPSA) is 49.0 Å². The van der Waals surface area contributed by atoms with Crippen molar-refractivity contribution < 1.29 is 9.18 Å². The van der Waals surface area contributed by atoms with Crippen molar-refractivity contribution in [3.05, 3.63) is 63.5 Å². The molecule has 4 nitrogen and oxygen atoms in total. The van der Waals surface area contributed by atoms with E-state index in [1.54, 1.807) is 19.2 Å². The number of rotatable bonds is 3. The molecule has 1 heterocycles. The first-order chi connectivity index (χ1) is 11.0. The van der Waals surface area contributed by atoms with Crippen molar-refractivity contribution in [1.29, 1.82) is 0 Å². The van der Waals surface area contributed by atoms with E-state index >= 15 is 0 Å². The fourth-order valence-corrected chi connectivity index (χ4v) is 2.87. The van der Waals surface area contributed by atoms with Crippen LogP contribution < -0.4 is 0 Å². The van der Waals surface area contributed by atoms with E-state index in [4.69, 9.17) is 0 Å². The van der Waals surface area contributed by atoms with Gasteiger partial charge in [0.2, 0.25) is 0 Å². The predicted molar refractivity (Wildman–Crippen MR) is 90.7 cm³/mol. The molecule has 1 aromatic heterocycles. The smallest absolute Gasteiger partial charge is 0.275 e. The Labute approximate surface area is 141 Å². The van der Waals surface area contributed by atoms with Gasteiger partial charge in [0, 0.05) is 29.0 Å². The fraction of sp³-hybridized carbons (Fsp3) is 0.176. The number of halogens is 2. The van der Waals surface area contributed by atoms with E-state index in [1.165, 1.54) is 11.0 Å². The summed E-state index contributed by atoms with van der Waals surface area (Å²) in [6, 6.07) is 10.4. The second-order valence-electron chi connectivity index (χ2n) is 5.52. The number of H-pyrrole nitrogens is 1. The van der Waals surface area contributed by atoms with Crippen LogP contribution >= 0.6 is 15.9 Å². The lowest BCUT2D eigenvalue weighted by Gasteiger charge is -2.17. The second-order valence-corrected chi connectivity index (χ2v) is 6.43. The monoisotopic (exact) mass is 375 g/mol. The molecule has 0 unspecified atom stereocenters. The number of benzene rings is 2. The first kappa shape index (κ1) is 15.7. The number of hydrogen-bond acceptors (Lipinski definition) is 2. The average molecular weight is 376 g/mol. The third-order valence-corrected chi connectivity index (χ3v) is 4.18. The number of nitrogens with zero attached hydrogens (tertiary/aromatic N) is 2. The van der Waals surface area contributed by atoms with Gasteiger partial charge in [-0.05, 0) is 37.3 Å². The molecule has 6 heteroatoms. The molecule has 3 aromatic rings. The molecule has 0 saturated carbocycles. The van der Waals surface area contributed by atoms with Gasteiger partial charge in [-0.2, -0.15) is 5.10 Å². The zero-order valence-electron chi connectivity index (χ0n) is 12.7. The lowest BCUT2D eigenvalue weighted by molar-refractivity contribution is 0.0780. The molecule has 0 spiro atoms. The van der Waals surface area contributed by atoms with Crippen LogP contribution in [0.25, 0.3) is 10.9 Å². The van der Waals surface area contributed by atoms with Crippen molar-refractivity contribution in [1.82, 2.24) is 15.1 Å². The molecule has 0 aliphatic heterocycles. The lowest BCUT2D eigenvalue weighted by atomic mass is 10.1. The van der Waals surface area contributed by atoms with Crippen LogP contribution in [-0.2, 0) is 6.54 Å². The van der Waals surface area contributed by atoms with Crippen LogP contribution in [0, 0.1) is 12.7 Å². The van der Waals surface area contributed by atoms with Gasteiger partial charge >= 0.3 is 0 Å². The Balaban J connectivity index is 1.89. The number of aromatic nitrogens is 2. The molecule has 0 fully saturated rings. The van der Waals surface area contributed by atoms with E-state index in [-0.39, 0.29) is 18.3 Å². The summed E-state index contributed by atoms with van der Waals surface area (Å²) in [5, 5.41) is 7.75. The number of amides is 1. The van der Waals surface area contributed by atoms with Crippen LogP contribution in [0.2, 0.25) is 0 Å². The second kappa shape index (κ2) is 6.12. The molecule has 0 atom stereocenters. The quantitative estimate of drug-likeness (QED) is 0.750. The summed E-state index contributed by atoms with van der Waals surface area (Å²) in [5.74, 6) is -0.586. The van der Waals surface area contributed by atoms with Gasteiger partial charge in [0.15, 0.2) is 5.69 Å². The minimum Gasteiger partial charge on any atom is -0.336 e. The summed E-state index contributed by atoms with van der Waals surface area (Å²) in [7, 11) is 1.64. The van der Waals surface area contributed by atoms with Crippen LogP contribution in [0.3, 0.4) is 0 Å². The largest absolute Gasteiger partial charge is 0.336 e. The van der Waals surface area contributed by atoms with Crippen LogP contribution in [0.5, 0.6) is 0 Å². The Morgan fingerprint density at radius 3 is 2.87 bits per heavy atom. The summed E-state index contributed by atoms with van der Waals surface area (Å²) < 4.78 is 14.6. The number of fused-ring (bicyclic) bond motifs is 1. The number of hydrogen-bond donors (Lipinski definition) is 1. The molecule has 1 amide bonds. The Hall–Kier alpha value is -2.21. The van der Waals surface area contributed by atoms with Crippen molar-refractivity contribution in [2.75, 3.05) is 7.05 Å². The highest BCUT2D eigenvalue weighted by Gasteiger charge is 2.19. The van der Waals surface area contributed by atoms with Gasteiger partial charge in [-0.25, -0.2) is 4.39 Å². The molecule has 2 aromatic carbocycles. The summed E-state index contributed by atoms with van der Waals surface area (Å²) in [6.07, 6.45) is 0. The summed E-state index contributed by atoms with van der Waals surface area (Å²) in [6.45, 7) is 2.13. The molecule has 1 N–H and O–H groups in total. The molecular formula is C17H15BrFN3O. The molecule has 3 rings (SSSR count). The first-order valence-corrected chi connectivity index (χ1v) is 7.89. The standard InChI is InChI=1S/C17H15BrFN3O/c1-10-3-6-15-13(7-10)16(21-20-15)17(23)22(2)9-11-8-12(18)4-5-14(11)19/h3-8H,9H2,1-2H3,(H,20,21). The van der Waals surface area contributed by atoms with Gasteiger partial charge in [0.1, 0.15) is 5.82 Å². The number of carbonyl (C=O) groups is 1. The molecule has 0 aliphatic rings. The molecule has 118 valence electrons. The Kier molecular flexibility index (Phi) is 4.17. The zero-order valence-corrected chi connectivity index (χ0v) is 14.3. The highest BCUT2D eigenvalue weighted by molar-refractivity contribution is 9.10. The van der Waals surface area contributed by atoms with E-state index < -0.39 is 0 Å². The fourth-order valence-electron chi connectivity index (χ4n) is 2.46. The summed E-state index contributed by atoms with van der Waals surface area (Å²) >= 11 is 3.32. The van der Waals surface area contributed by atoms with Gasteiger partial charge in [0.05, 0.1) is 5.52 Å². The van der Waals surface area contributed by atoms with Crippen molar-refractivity contribution >= 4 is 32.7 Å². The van der Waals surface area contributed by atoms with E-state index in [0.717, 1.165) is 20.9 Å². The van der Waals surface area contributed by atoms with E-state index in [0.29, 0.717) is 11.3 Å². The van der Waals surface area contributed by atoms with Crippen molar-refractivity contribution in [2.24, 2.45) is 0 Å². The molecule has 23 heavy (non-hydrogen) atoms. The van der Waals surface area contributed by atoms with Crippen molar-refractivity contribution in [3.8, 4) is 0 Å². The van der Waals surface area contributed by atoms with Crippen LogP contribution in [0.4, 0.5) is 4.39 Å².